The fourth-order valence-corrected chi connectivity index (χ4v) is 3.34. The summed E-state index contributed by atoms with van der Waals surface area (Å²) < 4.78 is 0.734. The normalized spacial score (nSPS) is 9.97. The Morgan fingerprint density at radius 1 is 0.966 bits per heavy atom. The van der Waals surface area contributed by atoms with Crippen molar-refractivity contribution in [3.8, 4) is 17.0 Å². The SMILES string of the molecule is Nc1nc(-c2ccc(Cl)cc2)c[se]1.O=[N+]([O-])c1cc([N+](=O)[O-])c(O)c([N+](=O)[O-])c1. The minimum absolute atomic E-state index is 0.231. The molecule has 0 fully saturated rings. The molecule has 0 unspecified atom stereocenters. The van der Waals surface area contributed by atoms with Crippen molar-refractivity contribution in [2.24, 2.45) is 0 Å². The van der Waals surface area contributed by atoms with E-state index < -0.39 is 37.6 Å². The molecule has 1 aromatic heterocycles. The Balaban J connectivity index is 0.000000211. The maximum absolute atomic E-state index is 10.4. The number of phenolic OH excluding ortho intramolecular Hbond substituents is 1. The quantitative estimate of drug-likeness (QED) is 0.317. The third-order valence-electron chi connectivity index (χ3n) is 3.32. The molecular weight excluding hydrogens is 477 g/mol. The van der Waals surface area contributed by atoms with Crippen LogP contribution in [-0.4, -0.2) is 39.4 Å². The van der Waals surface area contributed by atoms with E-state index in [2.05, 4.69) is 9.92 Å². The molecule has 0 amide bonds. The van der Waals surface area contributed by atoms with Gasteiger partial charge in [-0.3, -0.25) is 30.3 Å². The Hall–Kier alpha value is -3.54. The van der Waals surface area contributed by atoms with Crippen LogP contribution in [0.2, 0.25) is 5.02 Å². The van der Waals surface area contributed by atoms with Gasteiger partial charge in [0.05, 0.1) is 26.9 Å². The molecule has 0 aliphatic carbocycles. The number of anilines is 1. The predicted molar refractivity (Wildman–Crippen MR) is 104 cm³/mol. The first-order chi connectivity index (χ1) is 13.6. The van der Waals surface area contributed by atoms with Gasteiger partial charge in [0.15, 0.2) is 0 Å². The number of nitrogens with zero attached hydrogens (tertiary/aromatic N) is 4. The first kappa shape index (κ1) is 21.8. The molecule has 0 atom stereocenters. The molecule has 0 aliphatic heterocycles. The summed E-state index contributed by atoms with van der Waals surface area (Å²) in [6.45, 7) is 0. The van der Waals surface area contributed by atoms with Crippen LogP contribution in [0.4, 0.5) is 21.8 Å². The van der Waals surface area contributed by atoms with Gasteiger partial charge in [0, 0.05) is 0 Å². The standard InChI is InChI=1S/C9H7ClN2Se.C6H3N3O7/c10-7-3-1-6(2-4-7)8-5-13-9(11)12-8;10-6-4(8(13)14)1-3(7(11)12)2-5(6)9(15)16/h1-5H,(H2,11,12);1-2,10H. The average Bonchev–Trinajstić information content (AvgIpc) is 3.08. The van der Waals surface area contributed by atoms with E-state index in [0.717, 1.165) is 21.0 Å². The number of hydrogen-bond acceptors (Lipinski definition) is 9. The first-order valence-electron chi connectivity index (χ1n) is 7.37. The van der Waals surface area contributed by atoms with Crippen molar-refractivity contribution in [3.05, 3.63) is 76.7 Å². The van der Waals surface area contributed by atoms with Crippen LogP contribution in [0.5, 0.6) is 5.75 Å². The van der Waals surface area contributed by atoms with Gasteiger partial charge in [-0.05, 0) is 0 Å². The second-order valence-corrected chi connectivity index (χ2v) is 7.48. The molecule has 0 radical (unpaired) electrons. The number of nitro groups is 3. The molecule has 0 aliphatic rings. The molecule has 3 aromatic rings. The molecule has 1 heterocycles. The second kappa shape index (κ2) is 9.10. The van der Waals surface area contributed by atoms with Crippen molar-refractivity contribution in [1.29, 1.82) is 0 Å². The van der Waals surface area contributed by atoms with Crippen molar-refractivity contribution in [3.63, 3.8) is 0 Å². The summed E-state index contributed by atoms with van der Waals surface area (Å²) in [6.07, 6.45) is 0. The number of hydrogen-bond donors (Lipinski definition) is 2. The second-order valence-electron chi connectivity index (χ2n) is 5.18. The van der Waals surface area contributed by atoms with Gasteiger partial charge >= 0.3 is 98.4 Å². The molecule has 12 nitrogen and oxygen atoms in total. The van der Waals surface area contributed by atoms with Gasteiger partial charge in [-0.15, -0.1) is 0 Å². The van der Waals surface area contributed by atoms with Crippen molar-refractivity contribution in [2.75, 3.05) is 5.73 Å². The van der Waals surface area contributed by atoms with E-state index >= 15 is 0 Å². The van der Waals surface area contributed by atoms with Crippen LogP contribution < -0.4 is 5.73 Å². The largest absolute Gasteiger partial charge is 0.497 e. The Kier molecular flexibility index (Phi) is 6.83. The summed E-state index contributed by atoms with van der Waals surface area (Å²) >= 11 is 6.00. The molecule has 0 spiro atoms. The number of phenols is 1. The fraction of sp³-hybridized carbons (Fsp3) is 0. The number of rotatable bonds is 4. The van der Waals surface area contributed by atoms with Gasteiger partial charge in [0.1, 0.15) is 0 Å². The molecule has 0 bridgehead atoms. The Bertz CT molecular complexity index is 1050. The predicted octanol–water partition coefficient (Wildman–Crippen LogP) is 3.16. The number of nitro benzene ring substituents is 3. The fourth-order valence-electron chi connectivity index (χ4n) is 2.01. The number of nitrogen functional groups attached to an aromatic ring is 1. The Labute approximate surface area is 172 Å². The van der Waals surface area contributed by atoms with Crippen LogP contribution >= 0.6 is 11.6 Å². The maximum Gasteiger partial charge on any atom is 0.324 e. The molecule has 29 heavy (non-hydrogen) atoms. The smallest absolute Gasteiger partial charge is 0.324 e. The molecule has 2 aromatic carbocycles. The first-order valence-corrected chi connectivity index (χ1v) is 9.59. The maximum atomic E-state index is 10.4. The summed E-state index contributed by atoms with van der Waals surface area (Å²) in [5, 5.41) is 41.0. The topological polar surface area (TPSA) is 189 Å². The van der Waals surface area contributed by atoms with Crippen LogP contribution in [0, 0.1) is 30.3 Å². The molecule has 3 rings (SSSR count). The van der Waals surface area contributed by atoms with Gasteiger partial charge in [-0.1, -0.05) is 0 Å². The van der Waals surface area contributed by atoms with Crippen LogP contribution in [-0.2, 0) is 0 Å². The molecule has 3 N–H and O–H groups in total. The monoisotopic (exact) mass is 487 g/mol. The summed E-state index contributed by atoms with van der Waals surface area (Å²) in [5.74, 6) is -1.21. The van der Waals surface area contributed by atoms with Crippen molar-refractivity contribution >= 4 is 47.9 Å². The number of benzene rings is 2. The van der Waals surface area contributed by atoms with E-state index in [0.29, 0.717) is 12.1 Å². The van der Waals surface area contributed by atoms with E-state index in [1.165, 1.54) is 0 Å². The van der Waals surface area contributed by atoms with Gasteiger partial charge in [-0.25, -0.2) is 0 Å². The Morgan fingerprint density at radius 2 is 1.48 bits per heavy atom. The number of halogens is 1. The van der Waals surface area contributed by atoms with Crippen molar-refractivity contribution in [1.82, 2.24) is 4.98 Å². The molecule has 14 heteroatoms. The van der Waals surface area contributed by atoms with E-state index in [1.54, 1.807) is 0 Å². The zero-order valence-electron chi connectivity index (χ0n) is 14.1. The van der Waals surface area contributed by atoms with Gasteiger partial charge in [0.2, 0.25) is 0 Å². The van der Waals surface area contributed by atoms with E-state index in [1.807, 2.05) is 24.3 Å². The van der Waals surface area contributed by atoms with Crippen LogP contribution in [0.3, 0.4) is 0 Å². The third kappa shape index (κ3) is 5.48. The summed E-state index contributed by atoms with van der Waals surface area (Å²) in [4.78, 5) is 34.1. The van der Waals surface area contributed by atoms with Crippen LogP contribution in [0.15, 0.2) is 41.3 Å². The van der Waals surface area contributed by atoms with Crippen molar-refractivity contribution < 1.29 is 19.9 Å². The minimum atomic E-state index is -1.21. The van der Waals surface area contributed by atoms with Gasteiger partial charge < -0.3 is 5.11 Å². The molecule has 0 saturated heterocycles. The molecular formula is C15H10ClN5O7Se. The number of nitrogens with two attached hydrogens (primary N) is 1. The zero-order chi connectivity index (χ0) is 21.7. The van der Waals surface area contributed by atoms with Crippen LogP contribution in [0.25, 0.3) is 11.3 Å². The Morgan fingerprint density at radius 3 is 1.86 bits per heavy atom. The summed E-state index contributed by atoms with van der Waals surface area (Å²) in [5.41, 5.74) is 4.63. The third-order valence-corrected chi connectivity index (χ3v) is 4.99. The number of non-ortho nitro benzene ring substituents is 1. The van der Waals surface area contributed by atoms with E-state index in [9.17, 15) is 30.3 Å². The number of aromatic hydroxyl groups is 1. The van der Waals surface area contributed by atoms with E-state index in [-0.39, 0.29) is 14.5 Å². The summed E-state index contributed by atoms with van der Waals surface area (Å²) in [6, 6.07) is 8.51. The zero-order valence-corrected chi connectivity index (χ0v) is 16.6. The minimum Gasteiger partial charge on any atom is -0.497 e. The van der Waals surface area contributed by atoms with Crippen LogP contribution in [0.1, 0.15) is 0 Å². The molecule has 0 saturated carbocycles. The van der Waals surface area contributed by atoms with E-state index in [4.69, 9.17) is 22.4 Å². The van der Waals surface area contributed by atoms with Gasteiger partial charge in [-0.2, -0.15) is 0 Å². The molecule has 150 valence electrons. The van der Waals surface area contributed by atoms with Gasteiger partial charge in [0.25, 0.3) is 11.4 Å². The summed E-state index contributed by atoms with van der Waals surface area (Å²) in [7, 11) is 0. The number of aromatic nitrogens is 1. The average molecular weight is 487 g/mol. The van der Waals surface area contributed by atoms with Crippen molar-refractivity contribution in [2.45, 2.75) is 0 Å².